The SMILES string of the molecule is C=CCn1c(SC(C)c2nc(CCCC)no2)nc2ccccc2c1=O. The van der Waals surface area contributed by atoms with Crippen molar-refractivity contribution in [2.75, 3.05) is 0 Å². The van der Waals surface area contributed by atoms with Crippen molar-refractivity contribution in [2.24, 2.45) is 0 Å². The van der Waals surface area contributed by atoms with Crippen molar-refractivity contribution in [2.45, 2.75) is 50.1 Å². The van der Waals surface area contributed by atoms with Gasteiger partial charge in [-0.2, -0.15) is 4.98 Å². The first-order valence-corrected chi connectivity index (χ1v) is 9.61. The van der Waals surface area contributed by atoms with Crippen LogP contribution in [0.1, 0.15) is 43.7 Å². The lowest BCUT2D eigenvalue weighted by molar-refractivity contribution is 0.374. The average molecular weight is 370 g/mol. The Labute approximate surface area is 156 Å². The molecule has 2 aromatic heterocycles. The smallest absolute Gasteiger partial charge is 0.262 e. The maximum absolute atomic E-state index is 12.8. The molecule has 0 aliphatic heterocycles. The second-order valence-electron chi connectivity index (χ2n) is 6.03. The van der Waals surface area contributed by atoms with Gasteiger partial charge in [0.1, 0.15) is 0 Å². The van der Waals surface area contributed by atoms with Gasteiger partial charge in [0.05, 0.1) is 16.2 Å². The molecule has 0 saturated carbocycles. The van der Waals surface area contributed by atoms with Crippen LogP contribution in [0.4, 0.5) is 0 Å². The van der Waals surface area contributed by atoms with E-state index < -0.39 is 0 Å². The summed E-state index contributed by atoms with van der Waals surface area (Å²) in [6, 6.07) is 7.36. The van der Waals surface area contributed by atoms with Gasteiger partial charge in [0, 0.05) is 13.0 Å². The number of allylic oxidation sites excluding steroid dienone is 1. The summed E-state index contributed by atoms with van der Waals surface area (Å²) in [6.45, 7) is 8.25. The fraction of sp³-hybridized carbons (Fsp3) is 0.368. The molecule has 0 radical (unpaired) electrons. The summed E-state index contributed by atoms with van der Waals surface area (Å²) < 4.78 is 7.03. The van der Waals surface area contributed by atoms with Gasteiger partial charge in [0.15, 0.2) is 11.0 Å². The van der Waals surface area contributed by atoms with Gasteiger partial charge in [-0.3, -0.25) is 9.36 Å². The van der Waals surface area contributed by atoms with Gasteiger partial charge < -0.3 is 4.52 Å². The molecule has 0 saturated heterocycles. The zero-order valence-electron chi connectivity index (χ0n) is 15.0. The van der Waals surface area contributed by atoms with Crippen LogP contribution in [0.5, 0.6) is 0 Å². The Balaban J connectivity index is 1.91. The first-order chi connectivity index (χ1) is 12.6. The predicted octanol–water partition coefficient (Wildman–Crippen LogP) is 4.16. The average Bonchev–Trinajstić information content (AvgIpc) is 3.12. The highest BCUT2D eigenvalue weighted by atomic mass is 32.2. The fourth-order valence-electron chi connectivity index (χ4n) is 2.61. The molecule has 3 rings (SSSR count). The van der Waals surface area contributed by atoms with E-state index in [1.165, 1.54) is 11.8 Å². The minimum absolute atomic E-state index is 0.0700. The molecular formula is C19H22N4O2S. The second kappa shape index (κ2) is 8.31. The summed E-state index contributed by atoms with van der Waals surface area (Å²) >= 11 is 1.44. The van der Waals surface area contributed by atoms with Crippen molar-refractivity contribution in [1.82, 2.24) is 19.7 Å². The molecule has 0 N–H and O–H groups in total. The Hall–Kier alpha value is -2.41. The minimum atomic E-state index is -0.109. The highest BCUT2D eigenvalue weighted by Crippen LogP contribution is 2.33. The van der Waals surface area contributed by atoms with Crippen LogP contribution < -0.4 is 5.56 Å². The van der Waals surface area contributed by atoms with E-state index in [4.69, 9.17) is 4.52 Å². The van der Waals surface area contributed by atoms with Gasteiger partial charge in [-0.15, -0.1) is 6.58 Å². The Morgan fingerprint density at radius 1 is 1.35 bits per heavy atom. The van der Waals surface area contributed by atoms with Gasteiger partial charge in [-0.1, -0.05) is 48.5 Å². The molecule has 0 aliphatic carbocycles. The third-order valence-electron chi connectivity index (χ3n) is 4.01. The molecule has 0 amide bonds. The fourth-order valence-corrected chi connectivity index (χ4v) is 3.55. The first kappa shape index (κ1) is 18.4. The van der Waals surface area contributed by atoms with Crippen LogP contribution in [0.2, 0.25) is 0 Å². The lowest BCUT2D eigenvalue weighted by Crippen LogP contribution is -2.23. The van der Waals surface area contributed by atoms with Gasteiger partial charge in [0.25, 0.3) is 5.56 Å². The molecule has 136 valence electrons. The summed E-state index contributed by atoms with van der Waals surface area (Å²) in [6.07, 6.45) is 4.63. The standard InChI is InChI=1S/C19H22N4O2S/c1-4-6-11-16-21-17(25-22-16)13(3)26-19-20-15-10-8-7-9-14(15)18(24)23(19)12-5-2/h5,7-10,13H,2,4,6,11-12H2,1,3H3. The molecule has 3 aromatic rings. The van der Waals surface area contributed by atoms with E-state index in [0.29, 0.717) is 28.5 Å². The van der Waals surface area contributed by atoms with Crippen LogP contribution >= 0.6 is 11.8 Å². The number of benzene rings is 1. The van der Waals surface area contributed by atoms with Gasteiger partial charge in [-0.05, 0) is 25.5 Å². The van der Waals surface area contributed by atoms with Crippen LogP contribution in [-0.4, -0.2) is 19.7 Å². The number of hydrogen-bond donors (Lipinski definition) is 0. The Kier molecular flexibility index (Phi) is 5.88. The second-order valence-corrected chi connectivity index (χ2v) is 7.34. The van der Waals surface area contributed by atoms with E-state index in [-0.39, 0.29) is 10.8 Å². The van der Waals surface area contributed by atoms with E-state index in [9.17, 15) is 4.79 Å². The molecule has 26 heavy (non-hydrogen) atoms. The largest absolute Gasteiger partial charge is 0.338 e. The highest BCUT2D eigenvalue weighted by molar-refractivity contribution is 7.99. The van der Waals surface area contributed by atoms with Crippen LogP contribution in [0.15, 0.2) is 51.4 Å². The molecule has 7 heteroatoms. The summed E-state index contributed by atoms with van der Waals surface area (Å²) in [5.41, 5.74) is 0.612. The van der Waals surface area contributed by atoms with Crippen molar-refractivity contribution in [3.05, 3.63) is 59.0 Å². The highest BCUT2D eigenvalue weighted by Gasteiger charge is 2.19. The maximum atomic E-state index is 12.8. The van der Waals surface area contributed by atoms with Crippen LogP contribution in [0.3, 0.4) is 0 Å². The lowest BCUT2D eigenvalue weighted by atomic mass is 10.2. The van der Waals surface area contributed by atoms with Gasteiger partial charge in [0.2, 0.25) is 5.89 Å². The van der Waals surface area contributed by atoms with E-state index in [2.05, 4.69) is 28.6 Å². The van der Waals surface area contributed by atoms with E-state index in [0.717, 1.165) is 25.1 Å². The number of para-hydroxylation sites is 1. The number of fused-ring (bicyclic) bond motifs is 1. The van der Waals surface area contributed by atoms with Crippen molar-refractivity contribution < 1.29 is 4.52 Å². The van der Waals surface area contributed by atoms with E-state index in [1.54, 1.807) is 16.7 Å². The Morgan fingerprint density at radius 2 is 2.15 bits per heavy atom. The number of aryl methyl sites for hydroxylation is 1. The quantitative estimate of drug-likeness (QED) is 0.337. The lowest BCUT2D eigenvalue weighted by Gasteiger charge is -2.13. The number of rotatable bonds is 8. The van der Waals surface area contributed by atoms with E-state index >= 15 is 0 Å². The summed E-state index contributed by atoms with van der Waals surface area (Å²) in [4.78, 5) is 21.9. The van der Waals surface area contributed by atoms with Crippen molar-refractivity contribution in [3.63, 3.8) is 0 Å². The molecule has 0 aliphatic rings. The number of aromatic nitrogens is 4. The third-order valence-corrected chi connectivity index (χ3v) is 5.08. The van der Waals surface area contributed by atoms with Crippen molar-refractivity contribution in [3.8, 4) is 0 Å². The minimum Gasteiger partial charge on any atom is -0.338 e. The Bertz CT molecular complexity index is 964. The number of thioether (sulfide) groups is 1. The van der Waals surface area contributed by atoms with Crippen molar-refractivity contribution in [1.29, 1.82) is 0 Å². The van der Waals surface area contributed by atoms with Gasteiger partial charge in [-0.25, -0.2) is 4.98 Å². The van der Waals surface area contributed by atoms with Crippen LogP contribution in [0, 0.1) is 0 Å². The van der Waals surface area contributed by atoms with Gasteiger partial charge >= 0.3 is 0 Å². The molecule has 0 fully saturated rings. The van der Waals surface area contributed by atoms with Crippen LogP contribution in [-0.2, 0) is 13.0 Å². The summed E-state index contributed by atoms with van der Waals surface area (Å²) in [7, 11) is 0. The normalized spacial score (nSPS) is 12.4. The monoisotopic (exact) mass is 370 g/mol. The van der Waals surface area contributed by atoms with E-state index in [1.807, 2.05) is 25.1 Å². The molecule has 2 heterocycles. The molecule has 6 nitrogen and oxygen atoms in total. The van der Waals surface area contributed by atoms with Crippen molar-refractivity contribution >= 4 is 22.7 Å². The molecule has 0 spiro atoms. The number of unbranched alkanes of at least 4 members (excludes halogenated alkanes) is 1. The summed E-state index contributed by atoms with van der Waals surface area (Å²) in [5, 5.41) is 5.15. The maximum Gasteiger partial charge on any atom is 0.262 e. The first-order valence-electron chi connectivity index (χ1n) is 8.73. The zero-order chi connectivity index (χ0) is 18.5. The number of nitrogens with zero attached hydrogens (tertiary/aromatic N) is 4. The number of hydrogen-bond acceptors (Lipinski definition) is 6. The molecule has 0 bridgehead atoms. The van der Waals surface area contributed by atoms with Crippen LogP contribution in [0.25, 0.3) is 10.9 Å². The molecule has 1 unspecified atom stereocenters. The molecule has 1 aromatic carbocycles. The molecule has 1 atom stereocenters. The Morgan fingerprint density at radius 3 is 2.92 bits per heavy atom. The zero-order valence-corrected chi connectivity index (χ0v) is 15.8. The predicted molar refractivity (Wildman–Crippen MR) is 103 cm³/mol. The summed E-state index contributed by atoms with van der Waals surface area (Å²) in [5.74, 6) is 1.28. The molecular weight excluding hydrogens is 348 g/mol. The topological polar surface area (TPSA) is 73.8 Å². The third kappa shape index (κ3) is 3.88.